The molecule has 0 fully saturated rings. The van der Waals surface area contributed by atoms with Crippen LogP contribution < -0.4 is 0 Å². The summed E-state index contributed by atoms with van der Waals surface area (Å²) in [5.74, 6) is 0. The van der Waals surface area contributed by atoms with Crippen molar-refractivity contribution in [1.29, 1.82) is 0 Å². The Hall–Kier alpha value is -2.39. The lowest BCUT2D eigenvalue weighted by Gasteiger charge is -1.93. The summed E-state index contributed by atoms with van der Waals surface area (Å²) in [5.41, 5.74) is 3.33. The molecule has 0 saturated heterocycles. The first-order valence-corrected chi connectivity index (χ1v) is 7.40. The molecule has 0 radical (unpaired) electrons. The van der Waals surface area contributed by atoms with E-state index in [0.717, 1.165) is 21.4 Å². The van der Waals surface area contributed by atoms with Gasteiger partial charge in [-0.15, -0.1) is 11.3 Å². The Labute approximate surface area is 118 Å². The van der Waals surface area contributed by atoms with E-state index in [9.17, 15) is 0 Å². The zero-order valence-corrected chi connectivity index (χ0v) is 11.4. The van der Waals surface area contributed by atoms with Gasteiger partial charge in [0.2, 0.25) is 0 Å². The first kappa shape index (κ1) is 10.4. The fourth-order valence-electron chi connectivity index (χ4n) is 2.89. The summed E-state index contributed by atoms with van der Waals surface area (Å²) in [6.45, 7) is 0. The highest BCUT2D eigenvalue weighted by atomic mass is 32.1. The highest BCUT2D eigenvalue weighted by molar-refractivity contribution is 7.25. The molecule has 0 unspecified atom stereocenters. The van der Waals surface area contributed by atoms with Gasteiger partial charge in [-0.1, -0.05) is 36.4 Å². The van der Waals surface area contributed by atoms with Crippen molar-refractivity contribution < 1.29 is 0 Å². The molecule has 0 spiro atoms. The van der Waals surface area contributed by atoms with Crippen LogP contribution in [0.25, 0.3) is 42.2 Å². The highest BCUT2D eigenvalue weighted by Gasteiger charge is 2.10. The molecule has 3 heteroatoms. The third kappa shape index (κ3) is 1.25. The van der Waals surface area contributed by atoms with Crippen molar-refractivity contribution in [3.05, 3.63) is 54.6 Å². The summed E-state index contributed by atoms with van der Waals surface area (Å²) in [6, 6.07) is 19.1. The minimum Gasteiger partial charge on any atom is -0.353 e. The summed E-state index contributed by atoms with van der Waals surface area (Å²) >= 11 is 1.76. The van der Waals surface area contributed by atoms with Gasteiger partial charge in [0.05, 0.1) is 11.0 Å². The molecular formula is C17H10N2S. The molecule has 0 aliphatic heterocycles. The van der Waals surface area contributed by atoms with Crippen LogP contribution in [-0.2, 0) is 0 Å². The molecule has 0 atom stereocenters. The maximum Gasteiger partial charge on any atom is 0.125 e. The Morgan fingerprint density at radius 1 is 0.800 bits per heavy atom. The van der Waals surface area contributed by atoms with E-state index in [1.165, 1.54) is 20.9 Å². The minimum absolute atomic E-state index is 1.07. The average Bonchev–Trinajstić information content (AvgIpc) is 3.02. The third-order valence-corrected chi connectivity index (χ3v) is 4.90. The first-order valence-electron chi connectivity index (χ1n) is 6.59. The zero-order valence-electron chi connectivity index (χ0n) is 10.6. The number of thiophene rings is 1. The van der Waals surface area contributed by atoms with Crippen LogP contribution in [0.2, 0.25) is 0 Å². The molecular weight excluding hydrogens is 264 g/mol. The molecule has 20 heavy (non-hydrogen) atoms. The molecule has 0 aliphatic carbocycles. The van der Waals surface area contributed by atoms with Crippen molar-refractivity contribution >= 4 is 53.6 Å². The van der Waals surface area contributed by atoms with Gasteiger partial charge >= 0.3 is 0 Å². The van der Waals surface area contributed by atoms with E-state index in [4.69, 9.17) is 4.98 Å². The number of rotatable bonds is 0. The topological polar surface area (TPSA) is 28.7 Å². The van der Waals surface area contributed by atoms with Crippen LogP contribution >= 0.6 is 11.3 Å². The number of H-pyrrole nitrogens is 1. The highest BCUT2D eigenvalue weighted by Crippen LogP contribution is 2.35. The van der Waals surface area contributed by atoms with Gasteiger partial charge in [-0.2, -0.15) is 0 Å². The number of hydrogen-bond donors (Lipinski definition) is 1. The quantitative estimate of drug-likeness (QED) is 0.419. The lowest BCUT2D eigenvalue weighted by Crippen LogP contribution is -1.75. The standard InChI is InChI=1S/C17H10N2S/c1-3-7-13-11(6-1)16-14(18-13)9-12-10-5-2-4-8-15(10)20-17(12)19-16/h1-9,18H. The number of nitrogens with one attached hydrogen (secondary N) is 1. The third-order valence-electron chi connectivity index (χ3n) is 3.82. The second-order valence-electron chi connectivity index (χ2n) is 5.01. The number of fused-ring (bicyclic) bond motifs is 6. The van der Waals surface area contributed by atoms with Crippen LogP contribution in [0.4, 0.5) is 0 Å². The number of nitrogens with zero attached hydrogens (tertiary/aromatic N) is 1. The average molecular weight is 274 g/mol. The number of pyridine rings is 1. The van der Waals surface area contributed by atoms with Crippen molar-refractivity contribution in [3.63, 3.8) is 0 Å². The van der Waals surface area contributed by atoms with Crippen molar-refractivity contribution in [2.24, 2.45) is 0 Å². The second kappa shape index (κ2) is 3.58. The van der Waals surface area contributed by atoms with E-state index in [1.807, 2.05) is 0 Å². The first-order chi connectivity index (χ1) is 9.90. The lowest BCUT2D eigenvalue weighted by atomic mass is 10.2. The molecule has 94 valence electrons. The number of aromatic amines is 1. The Kier molecular flexibility index (Phi) is 1.86. The van der Waals surface area contributed by atoms with Gasteiger partial charge in [0.1, 0.15) is 4.83 Å². The van der Waals surface area contributed by atoms with Crippen molar-refractivity contribution in [3.8, 4) is 0 Å². The smallest absolute Gasteiger partial charge is 0.125 e. The second-order valence-corrected chi connectivity index (χ2v) is 6.04. The maximum atomic E-state index is 4.89. The SMILES string of the molecule is c1ccc2c(c1)[nH]c1cc3c(nc12)sc1ccccc13. The Morgan fingerprint density at radius 2 is 1.60 bits per heavy atom. The van der Waals surface area contributed by atoms with Crippen LogP contribution in [0, 0.1) is 0 Å². The zero-order chi connectivity index (χ0) is 13.1. The van der Waals surface area contributed by atoms with Crippen LogP contribution in [0.1, 0.15) is 0 Å². The van der Waals surface area contributed by atoms with Gasteiger partial charge in [0, 0.05) is 26.4 Å². The number of para-hydroxylation sites is 1. The van der Waals surface area contributed by atoms with Crippen LogP contribution in [0.5, 0.6) is 0 Å². The summed E-state index contributed by atoms with van der Waals surface area (Å²) in [5, 5.41) is 3.73. The van der Waals surface area contributed by atoms with Crippen LogP contribution in [0.3, 0.4) is 0 Å². The summed E-state index contributed by atoms with van der Waals surface area (Å²) < 4.78 is 1.30. The molecule has 0 saturated carbocycles. The maximum absolute atomic E-state index is 4.89. The van der Waals surface area contributed by atoms with Crippen molar-refractivity contribution in [2.75, 3.05) is 0 Å². The summed E-state index contributed by atoms with van der Waals surface area (Å²) in [6.07, 6.45) is 0. The van der Waals surface area contributed by atoms with Gasteiger partial charge < -0.3 is 4.98 Å². The van der Waals surface area contributed by atoms with E-state index < -0.39 is 0 Å². The monoisotopic (exact) mass is 274 g/mol. The lowest BCUT2D eigenvalue weighted by molar-refractivity contribution is 1.52. The van der Waals surface area contributed by atoms with Gasteiger partial charge in [-0.05, 0) is 18.2 Å². The van der Waals surface area contributed by atoms with Crippen LogP contribution in [-0.4, -0.2) is 9.97 Å². The summed E-state index contributed by atoms with van der Waals surface area (Å²) in [4.78, 5) is 9.47. The molecule has 3 heterocycles. The predicted octanol–water partition coefficient (Wildman–Crippen LogP) is 5.08. The molecule has 2 nitrogen and oxygen atoms in total. The number of aromatic nitrogens is 2. The normalized spacial score (nSPS) is 12.0. The van der Waals surface area contributed by atoms with E-state index in [1.54, 1.807) is 11.3 Å². The van der Waals surface area contributed by atoms with E-state index in [0.29, 0.717) is 0 Å². The molecule has 0 aliphatic rings. The van der Waals surface area contributed by atoms with Gasteiger partial charge in [0.15, 0.2) is 0 Å². The Bertz CT molecular complexity index is 1010. The number of benzene rings is 2. The largest absolute Gasteiger partial charge is 0.353 e. The molecule has 0 amide bonds. The summed E-state index contributed by atoms with van der Waals surface area (Å²) in [7, 11) is 0. The van der Waals surface area contributed by atoms with E-state index in [2.05, 4.69) is 59.6 Å². The van der Waals surface area contributed by atoms with Crippen molar-refractivity contribution in [1.82, 2.24) is 9.97 Å². The fraction of sp³-hybridized carbons (Fsp3) is 0. The van der Waals surface area contributed by atoms with Crippen molar-refractivity contribution in [2.45, 2.75) is 0 Å². The Morgan fingerprint density at radius 3 is 2.55 bits per heavy atom. The molecule has 3 aromatic heterocycles. The van der Waals surface area contributed by atoms with E-state index in [-0.39, 0.29) is 0 Å². The van der Waals surface area contributed by atoms with Gasteiger partial charge in [-0.25, -0.2) is 4.98 Å². The minimum atomic E-state index is 1.07. The fourth-order valence-corrected chi connectivity index (χ4v) is 3.95. The molecule has 2 aromatic carbocycles. The van der Waals surface area contributed by atoms with Gasteiger partial charge in [0.25, 0.3) is 0 Å². The Balaban J connectivity index is 2.05. The molecule has 5 aromatic rings. The molecule has 1 N–H and O–H groups in total. The predicted molar refractivity (Wildman–Crippen MR) is 86.5 cm³/mol. The molecule has 0 bridgehead atoms. The van der Waals surface area contributed by atoms with Gasteiger partial charge in [-0.3, -0.25) is 0 Å². The molecule has 5 rings (SSSR count). The van der Waals surface area contributed by atoms with E-state index >= 15 is 0 Å². The van der Waals surface area contributed by atoms with Crippen LogP contribution in [0.15, 0.2) is 54.6 Å². The number of hydrogen-bond acceptors (Lipinski definition) is 2.